The maximum atomic E-state index is 12.5. The van der Waals surface area contributed by atoms with Crippen LogP contribution in [-0.2, 0) is 0 Å². The van der Waals surface area contributed by atoms with E-state index in [4.69, 9.17) is 0 Å². The van der Waals surface area contributed by atoms with Crippen molar-refractivity contribution < 1.29 is 4.39 Å². The predicted molar refractivity (Wildman–Crippen MR) is 71.6 cm³/mol. The zero-order valence-electron chi connectivity index (χ0n) is 11.4. The van der Waals surface area contributed by atoms with E-state index in [1.54, 1.807) is 6.92 Å². The lowest BCUT2D eigenvalue weighted by Gasteiger charge is -2.03. The first kappa shape index (κ1) is 15.9. The third-order valence-electron chi connectivity index (χ3n) is 3.21. The van der Waals surface area contributed by atoms with E-state index in [-0.39, 0.29) is 0 Å². The van der Waals surface area contributed by atoms with Crippen LogP contribution in [0.1, 0.15) is 90.9 Å². The van der Waals surface area contributed by atoms with Crippen molar-refractivity contribution in [2.45, 2.75) is 97.1 Å². The Morgan fingerprint density at radius 1 is 0.688 bits per heavy atom. The topological polar surface area (TPSA) is 0 Å². The molecule has 0 nitrogen and oxygen atoms in total. The van der Waals surface area contributed by atoms with E-state index in [1.165, 1.54) is 64.2 Å². The van der Waals surface area contributed by atoms with Gasteiger partial charge in [-0.15, -0.1) is 0 Å². The van der Waals surface area contributed by atoms with Crippen LogP contribution in [0.2, 0.25) is 0 Å². The van der Waals surface area contributed by atoms with Crippen molar-refractivity contribution in [3.63, 3.8) is 0 Å². The molecule has 0 aliphatic carbocycles. The zero-order chi connectivity index (χ0) is 12.1. The van der Waals surface area contributed by atoms with E-state index < -0.39 is 6.17 Å². The van der Waals surface area contributed by atoms with Crippen LogP contribution in [0.25, 0.3) is 0 Å². The number of rotatable bonds is 12. The fourth-order valence-corrected chi connectivity index (χ4v) is 2.09. The van der Waals surface area contributed by atoms with Gasteiger partial charge in [-0.1, -0.05) is 77.6 Å². The zero-order valence-corrected chi connectivity index (χ0v) is 11.4. The monoisotopic (exact) mass is 230 g/mol. The summed E-state index contributed by atoms with van der Waals surface area (Å²) in [4.78, 5) is 0. The molecule has 1 atom stereocenters. The van der Waals surface area contributed by atoms with Gasteiger partial charge < -0.3 is 0 Å². The SMILES string of the molecule is CCCCCCCCCCCCCC(C)F. The van der Waals surface area contributed by atoms with Crippen molar-refractivity contribution >= 4 is 0 Å². The molecule has 98 valence electrons. The van der Waals surface area contributed by atoms with E-state index in [2.05, 4.69) is 6.92 Å². The van der Waals surface area contributed by atoms with Gasteiger partial charge in [-0.25, -0.2) is 4.39 Å². The summed E-state index contributed by atoms with van der Waals surface area (Å²) in [5.41, 5.74) is 0. The molecule has 0 aromatic rings. The Labute approximate surface area is 102 Å². The minimum absolute atomic E-state index is 0.599. The van der Waals surface area contributed by atoms with Crippen molar-refractivity contribution in [2.75, 3.05) is 0 Å². The van der Waals surface area contributed by atoms with Gasteiger partial charge in [-0.3, -0.25) is 0 Å². The van der Waals surface area contributed by atoms with Crippen LogP contribution in [0, 0.1) is 0 Å². The molecular weight excluding hydrogens is 199 g/mol. The maximum Gasteiger partial charge on any atom is 0.0973 e. The van der Waals surface area contributed by atoms with Crippen molar-refractivity contribution in [3.05, 3.63) is 0 Å². The number of halogens is 1. The van der Waals surface area contributed by atoms with E-state index in [0.29, 0.717) is 0 Å². The maximum absolute atomic E-state index is 12.5. The second-order valence-corrected chi connectivity index (χ2v) is 5.10. The fraction of sp³-hybridized carbons (Fsp3) is 1.00. The van der Waals surface area contributed by atoms with Crippen molar-refractivity contribution in [2.24, 2.45) is 0 Å². The van der Waals surface area contributed by atoms with Crippen LogP contribution in [0.15, 0.2) is 0 Å². The molecule has 16 heavy (non-hydrogen) atoms. The number of alkyl halides is 1. The number of hydrogen-bond acceptors (Lipinski definition) is 0. The average molecular weight is 230 g/mol. The van der Waals surface area contributed by atoms with E-state index >= 15 is 0 Å². The molecule has 0 bridgehead atoms. The largest absolute Gasteiger partial charge is 0.248 e. The third kappa shape index (κ3) is 13.9. The van der Waals surface area contributed by atoms with Gasteiger partial charge in [0.25, 0.3) is 0 Å². The average Bonchev–Trinajstić information content (AvgIpc) is 2.25. The normalized spacial score (nSPS) is 12.9. The van der Waals surface area contributed by atoms with Gasteiger partial charge in [0.05, 0.1) is 6.17 Å². The van der Waals surface area contributed by atoms with E-state index in [0.717, 1.165) is 12.8 Å². The van der Waals surface area contributed by atoms with Gasteiger partial charge >= 0.3 is 0 Å². The first-order valence-electron chi connectivity index (χ1n) is 7.41. The first-order chi connectivity index (χ1) is 7.77. The summed E-state index contributed by atoms with van der Waals surface area (Å²) < 4.78 is 12.5. The number of hydrogen-bond donors (Lipinski definition) is 0. The fourth-order valence-electron chi connectivity index (χ4n) is 2.09. The molecule has 0 heterocycles. The minimum atomic E-state index is -0.599. The molecule has 1 heteroatoms. The summed E-state index contributed by atoms with van der Waals surface area (Å²) in [6, 6.07) is 0. The molecule has 0 saturated carbocycles. The Morgan fingerprint density at radius 3 is 1.44 bits per heavy atom. The highest BCUT2D eigenvalue weighted by Crippen LogP contribution is 2.12. The molecular formula is C15H31F. The van der Waals surface area contributed by atoms with Gasteiger partial charge in [0, 0.05) is 0 Å². The summed E-state index contributed by atoms with van der Waals surface area (Å²) in [7, 11) is 0. The summed E-state index contributed by atoms with van der Waals surface area (Å²) in [6.07, 6.45) is 14.9. The quantitative estimate of drug-likeness (QED) is 0.358. The van der Waals surface area contributed by atoms with Gasteiger partial charge in [0.15, 0.2) is 0 Å². The summed E-state index contributed by atoms with van der Waals surface area (Å²) >= 11 is 0. The van der Waals surface area contributed by atoms with Crippen molar-refractivity contribution in [1.29, 1.82) is 0 Å². The first-order valence-corrected chi connectivity index (χ1v) is 7.41. The molecule has 0 spiro atoms. The molecule has 0 rings (SSSR count). The number of unbranched alkanes of at least 4 members (excludes halogenated alkanes) is 10. The molecule has 0 radical (unpaired) electrons. The van der Waals surface area contributed by atoms with Crippen molar-refractivity contribution in [1.82, 2.24) is 0 Å². The van der Waals surface area contributed by atoms with Crippen LogP contribution in [0.5, 0.6) is 0 Å². The molecule has 0 N–H and O–H groups in total. The molecule has 0 fully saturated rings. The second-order valence-electron chi connectivity index (χ2n) is 5.10. The van der Waals surface area contributed by atoms with Gasteiger partial charge in [0.2, 0.25) is 0 Å². The molecule has 0 saturated heterocycles. The summed E-state index contributed by atoms with van der Waals surface area (Å²) in [5, 5.41) is 0. The lowest BCUT2D eigenvalue weighted by atomic mass is 10.0. The molecule has 0 aromatic carbocycles. The molecule has 1 unspecified atom stereocenters. The highest BCUT2D eigenvalue weighted by molar-refractivity contribution is 4.51. The second kappa shape index (κ2) is 13.0. The summed E-state index contributed by atoms with van der Waals surface area (Å²) in [6.45, 7) is 3.93. The highest BCUT2D eigenvalue weighted by atomic mass is 19.1. The smallest absolute Gasteiger partial charge is 0.0973 e. The lowest BCUT2D eigenvalue weighted by molar-refractivity contribution is 0.329. The minimum Gasteiger partial charge on any atom is -0.248 e. The lowest BCUT2D eigenvalue weighted by Crippen LogP contribution is -1.91. The highest BCUT2D eigenvalue weighted by Gasteiger charge is 1.97. The molecule has 0 aliphatic rings. The predicted octanol–water partition coefficient (Wildman–Crippen LogP) is 6.05. The van der Waals surface area contributed by atoms with Gasteiger partial charge in [-0.05, 0) is 13.3 Å². The Morgan fingerprint density at radius 2 is 1.06 bits per heavy atom. The summed E-state index contributed by atoms with van der Waals surface area (Å²) in [5.74, 6) is 0. The Hall–Kier alpha value is -0.0700. The van der Waals surface area contributed by atoms with Crippen LogP contribution >= 0.6 is 0 Å². The van der Waals surface area contributed by atoms with Crippen LogP contribution < -0.4 is 0 Å². The van der Waals surface area contributed by atoms with Gasteiger partial charge in [-0.2, -0.15) is 0 Å². The van der Waals surface area contributed by atoms with Crippen molar-refractivity contribution in [3.8, 4) is 0 Å². The van der Waals surface area contributed by atoms with Crippen LogP contribution in [-0.4, -0.2) is 6.17 Å². The van der Waals surface area contributed by atoms with E-state index in [1.807, 2.05) is 0 Å². The Bertz CT molecular complexity index is 121. The van der Waals surface area contributed by atoms with E-state index in [9.17, 15) is 4.39 Å². The van der Waals surface area contributed by atoms with Gasteiger partial charge in [0.1, 0.15) is 0 Å². The standard InChI is InChI=1S/C15H31F/c1-3-4-5-6-7-8-9-10-11-12-13-14-15(2)16/h15H,3-14H2,1-2H3. The molecule has 0 amide bonds. The Kier molecular flexibility index (Phi) is 12.9. The third-order valence-corrected chi connectivity index (χ3v) is 3.21. The Balaban J connectivity index is 2.88. The van der Waals surface area contributed by atoms with Crippen LogP contribution in [0.4, 0.5) is 4.39 Å². The molecule has 0 aromatic heterocycles. The molecule has 0 aliphatic heterocycles. The van der Waals surface area contributed by atoms with Crippen LogP contribution in [0.3, 0.4) is 0 Å².